The van der Waals surface area contributed by atoms with Crippen LogP contribution in [0.3, 0.4) is 0 Å². The molecule has 1 fully saturated rings. The zero-order valence-electron chi connectivity index (χ0n) is 19.3. The molecule has 10 N–H and O–H groups in total. The Labute approximate surface area is 202 Å². The molecule has 35 heavy (non-hydrogen) atoms. The predicted molar refractivity (Wildman–Crippen MR) is 127 cm³/mol. The van der Waals surface area contributed by atoms with Crippen LogP contribution in [0.5, 0.6) is 0 Å². The molecule has 1 aliphatic heterocycles. The smallest absolute Gasteiger partial charge is 0.254 e. The summed E-state index contributed by atoms with van der Waals surface area (Å²) < 4.78 is 0. The summed E-state index contributed by atoms with van der Waals surface area (Å²) in [5, 5.41) is 5.02. The minimum atomic E-state index is -1.33. The molecule has 2 rings (SSSR count). The third-order valence-corrected chi connectivity index (χ3v) is 5.48. The van der Waals surface area contributed by atoms with E-state index in [-0.39, 0.29) is 24.8 Å². The van der Waals surface area contributed by atoms with Gasteiger partial charge in [-0.25, -0.2) is 0 Å². The zero-order valence-corrected chi connectivity index (χ0v) is 19.3. The van der Waals surface area contributed by atoms with Gasteiger partial charge in [0.25, 0.3) is 5.91 Å². The van der Waals surface area contributed by atoms with Gasteiger partial charge in [0.15, 0.2) is 5.96 Å². The van der Waals surface area contributed by atoms with Crippen molar-refractivity contribution >= 4 is 35.5 Å². The molecule has 0 aromatic heterocycles. The number of hydrogen-bond acceptors (Lipinski definition) is 6. The molecular formula is C22H32N8O5. The zero-order chi connectivity index (χ0) is 26.0. The topological polar surface area (TPSA) is 229 Å². The number of benzene rings is 1. The Kier molecular flexibility index (Phi) is 9.99. The number of rotatable bonds is 12. The van der Waals surface area contributed by atoms with Gasteiger partial charge in [-0.3, -0.25) is 29.0 Å². The predicted octanol–water partition coefficient (Wildman–Crippen LogP) is -2.32. The van der Waals surface area contributed by atoms with Crippen molar-refractivity contribution in [2.24, 2.45) is 27.9 Å². The highest BCUT2D eigenvalue weighted by molar-refractivity contribution is 5.99. The van der Waals surface area contributed by atoms with Crippen LogP contribution >= 0.6 is 0 Å². The van der Waals surface area contributed by atoms with E-state index in [9.17, 15) is 24.0 Å². The summed E-state index contributed by atoms with van der Waals surface area (Å²) in [4.78, 5) is 67.1. The van der Waals surface area contributed by atoms with E-state index in [2.05, 4.69) is 15.6 Å². The number of likely N-dealkylation sites (tertiary alicyclic amines) is 1. The third-order valence-electron chi connectivity index (χ3n) is 5.48. The van der Waals surface area contributed by atoms with Gasteiger partial charge < -0.3 is 38.5 Å². The number of carbonyl (C=O) groups is 5. The van der Waals surface area contributed by atoms with Crippen LogP contribution in [-0.2, 0) is 19.2 Å². The van der Waals surface area contributed by atoms with E-state index >= 15 is 0 Å². The Bertz CT molecular complexity index is 964. The van der Waals surface area contributed by atoms with E-state index in [0.29, 0.717) is 31.4 Å². The van der Waals surface area contributed by atoms with Crippen molar-refractivity contribution < 1.29 is 24.0 Å². The molecule has 0 aliphatic carbocycles. The van der Waals surface area contributed by atoms with Crippen molar-refractivity contribution in [3.63, 3.8) is 0 Å². The molecule has 1 aliphatic rings. The molecule has 1 aromatic carbocycles. The molecule has 1 heterocycles. The van der Waals surface area contributed by atoms with Gasteiger partial charge in [0.05, 0.1) is 6.42 Å². The van der Waals surface area contributed by atoms with Crippen LogP contribution in [-0.4, -0.2) is 71.6 Å². The first-order valence-electron chi connectivity index (χ1n) is 11.2. The summed E-state index contributed by atoms with van der Waals surface area (Å²) >= 11 is 0. The van der Waals surface area contributed by atoms with E-state index in [1.165, 1.54) is 4.90 Å². The van der Waals surface area contributed by atoms with Gasteiger partial charge in [-0.1, -0.05) is 18.2 Å². The fourth-order valence-corrected chi connectivity index (χ4v) is 3.77. The van der Waals surface area contributed by atoms with Crippen LogP contribution in [0.1, 0.15) is 42.5 Å². The first-order chi connectivity index (χ1) is 16.6. The van der Waals surface area contributed by atoms with Crippen molar-refractivity contribution in [2.75, 3.05) is 13.1 Å². The molecule has 0 spiro atoms. The Hall–Kier alpha value is -4.16. The first-order valence-corrected chi connectivity index (χ1v) is 11.2. The monoisotopic (exact) mass is 488 g/mol. The molecule has 3 atom stereocenters. The van der Waals surface area contributed by atoms with Crippen molar-refractivity contribution in [3.8, 4) is 0 Å². The van der Waals surface area contributed by atoms with Crippen LogP contribution in [0.25, 0.3) is 0 Å². The lowest BCUT2D eigenvalue weighted by atomic mass is 10.1. The maximum Gasteiger partial charge on any atom is 0.254 e. The number of guanidine groups is 1. The number of nitrogens with zero attached hydrogens (tertiary/aromatic N) is 2. The van der Waals surface area contributed by atoms with E-state index in [1.807, 2.05) is 0 Å². The lowest BCUT2D eigenvalue weighted by molar-refractivity contribution is -0.133. The second-order valence-corrected chi connectivity index (χ2v) is 8.17. The number of amides is 5. The van der Waals surface area contributed by atoms with Gasteiger partial charge in [-0.05, 0) is 37.8 Å². The third kappa shape index (κ3) is 8.28. The summed E-state index contributed by atoms with van der Waals surface area (Å²) in [5.74, 6) is -3.42. The average molecular weight is 489 g/mol. The summed E-state index contributed by atoms with van der Waals surface area (Å²) in [6.07, 6.45) is 1.01. The van der Waals surface area contributed by atoms with Crippen LogP contribution in [0.4, 0.5) is 0 Å². The number of nitrogens with two attached hydrogens (primary N) is 4. The molecule has 1 aromatic rings. The van der Waals surface area contributed by atoms with E-state index in [4.69, 9.17) is 22.9 Å². The van der Waals surface area contributed by atoms with Crippen molar-refractivity contribution in [1.29, 1.82) is 0 Å². The lowest BCUT2D eigenvalue weighted by Crippen LogP contribution is -2.56. The maximum atomic E-state index is 13.1. The molecule has 1 saturated heterocycles. The second kappa shape index (κ2) is 12.9. The molecule has 5 amide bonds. The summed E-state index contributed by atoms with van der Waals surface area (Å²) in [6, 6.07) is 5.38. The maximum absolute atomic E-state index is 13.1. The highest BCUT2D eigenvalue weighted by atomic mass is 16.2. The molecule has 190 valence electrons. The van der Waals surface area contributed by atoms with Crippen molar-refractivity contribution in [1.82, 2.24) is 15.5 Å². The Morgan fingerprint density at radius 3 is 2.29 bits per heavy atom. The Morgan fingerprint density at radius 2 is 1.69 bits per heavy atom. The number of carbonyl (C=O) groups excluding carboxylic acids is 5. The molecule has 0 bridgehead atoms. The summed E-state index contributed by atoms with van der Waals surface area (Å²) in [6.45, 7) is 0.597. The second-order valence-electron chi connectivity index (χ2n) is 8.17. The van der Waals surface area contributed by atoms with Gasteiger partial charge in [0, 0.05) is 18.7 Å². The molecule has 13 heteroatoms. The molecule has 0 radical (unpaired) electrons. The Morgan fingerprint density at radius 1 is 1.00 bits per heavy atom. The molecule has 0 saturated carbocycles. The normalized spacial score (nSPS) is 16.6. The lowest BCUT2D eigenvalue weighted by Gasteiger charge is -2.27. The van der Waals surface area contributed by atoms with Gasteiger partial charge in [0.1, 0.15) is 18.1 Å². The number of aliphatic imine (C=N–C) groups is 1. The number of hydrogen-bond donors (Lipinski definition) is 6. The van der Waals surface area contributed by atoms with Gasteiger partial charge in [0.2, 0.25) is 23.6 Å². The Balaban J connectivity index is 2.14. The number of nitrogens with one attached hydrogen (secondary N) is 2. The van der Waals surface area contributed by atoms with Gasteiger partial charge in [-0.2, -0.15) is 0 Å². The van der Waals surface area contributed by atoms with E-state index in [0.717, 1.165) is 0 Å². The molecular weight excluding hydrogens is 456 g/mol. The van der Waals surface area contributed by atoms with Gasteiger partial charge >= 0.3 is 0 Å². The SMILES string of the molecule is NC(=O)C[C@H](NC(=O)[C@H](CCCN=C(N)N)NC(=O)[C@@H]1CCCN1C(=O)c1ccccc1)C(N)=O. The molecule has 13 nitrogen and oxygen atoms in total. The fraction of sp³-hybridized carbons (Fsp3) is 0.455. The minimum Gasteiger partial charge on any atom is -0.370 e. The van der Waals surface area contributed by atoms with Crippen LogP contribution < -0.4 is 33.6 Å². The summed E-state index contributed by atoms with van der Waals surface area (Å²) in [5.41, 5.74) is 21.5. The first kappa shape index (κ1) is 27.1. The number of primary amides is 2. The van der Waals surface area contributed by atoms with Crippen molar-refractivity contribution in [3.05, 3.63) is 35.9 Å². The summed E-state index contributed by atoms with van der Waals surface area (Å²) in [7, 11) is 0. The van der Waals surface area contributed by atoms with Crippen LogP contribution in [0.15, 0.2) is 35.3 Å². The van der Waals surface area contributed by atoms with Crippen molar-refractivity contribution in [2.45, 2.75) is 50.2 Å². The highest BCUT2D eigenvalue weighted by Gasteiger charge is 2.36. The van der Waals surface area contributed by atoms with Gasteiger partial charge in [-0.15, -0.1) is 0 Å². The molecule has 0 unspecified atom stereocenters. The largest absolute Gasteiger partial charge is 0.370 e. The minimum absolute atomic E-state index is 0.119. The highest BCUT2D eigenvalue weighted by Crippen LogP contribution is 2.21. The van der Waals surface area contributed by atoms with E-state index < -0.39 is 48.2 Å². The standard InChI is InChI=1S/C22H32N8O5/c23-17(31)12-15(18(24)32)29-19(33)14(8-4-10-27-22(25)26)28-20(34)16-9-5-11-30(16)21(35)13-6-2-1-3-7-13/h1-3,6-7,14-16H,4-5,8-12H2,(H2,23,31)(H2,24,32)(H,28,34)(H,29,33)(H4,25,26,27)/t14-,15-,16-/m0/s1. The quantitative estimate of drug-likeness (QED) is 0.107. The fourth-order valence-electron chi connectivity index (χ4n) is 3.77. The average Bonchev–Trinajstić information content (AvgIpc) is 3.30. The van der Waals surface area contributed by atoms with Crippen LogP contribution in [0.2, 0.25) is 0 Å². The van der Waals surface area contributed by atoms with Crippen LogP contribution in [0, 0.1) is 0 Å². The van der Waals surface area contributed by atoms with E-state index in [1.54, 1.807) is 30.3 Å².